The Morgan fingerprint density at radius 2 is 1.82 bits per heavy atom. The summed E-state index contributed by atoms with van der Waals surface area (Å²) in [5.41, 5.74) is 2.57. The number of nitrogens with one attached hydrogen (secondary N) is 1. The van der Waals surface area contributed by atoms with E-state index in [2.05, 4.69) is 10.3 Å². The van der Waals surface area contributed by atoms with Crippen LogP contribution in [-0.2, 0) is 0 Å². The van der Waals surface area contributed by atoms with Crippen LogP contribution in [0.15, 0.2) is 48.7 Å². The van der Waals surface area contributed by atoms with Crippen LogP contribution in [0.4, 0.5) is 5.69 Å². The fraction of sp³-hybridized carbons (Fsp3) is 0.333. The van der Waals surface area contributed by atoms with E-state index < -0.39 is 0 Å². The van der Waals surface area contributed by atoms with Crippen molar-refractivity contribution in [2.75, 3.05) is 5.32 Å². The molecule has 0 radical (unpaired) electrons. The monoisotopic (exact) mass is 293 g/mol. The average molecular weight is 293 g/mol. The predicted octanol–water partition coefficient (Wildman–Crippen LogP) is 3.59. The van der Waals surface area contributed by atoms with E-state index in [9.17, 15) is 4.79 Å². The summed E-state index contributed by atoms with van der Waals surface area (Å²) in [6, 6.07) is 13.9. The molecule has 1 fully saturated rings. The zero-order chi connectivity index (χ0) is 14.9. The van der Waals surface area contributed by atoms with E-state index in [-0.39, 0.29) is 12.1 Å². The van der Waals surface area contributed by atoms with Gasteiger partial charge in [0, 0.05) is 17.9 Å². The smallest absolute Gasteiger partial charge is 0.258 e. The van der Waals surface area contributed by atoms with E-state index in [4.69, 9.17) is 0 Å². The van der Waals surface area contributed by atoms with Crippen LogP contribution < -0.4 is 5.32 Å². The lowest BCUT2D eigenvalue weighted by Crippen LogP contribution is -2.48. The zero-order valence-corrected chi connectivity index (χ0v) is 12.4. The van der Waals surface area contributed by atoms with Gasteiger partial charge in [-0.15, -0.1) is 0 Å². The van der Waals surface area contributed by atoms with E-state index in [1.165, 1.54) is 12.8 Å². The minimum Gasteiger partial charge on any atom is -0.359 e. The fourth-order valence-corrected chi connectivity index (χ4v) is 3.58. The van der Waals surface area contributed by atoms with Crippen molar-refractivity contribution < 1.29 is 4.79 Å². The lowest BCUT2D eigenvalue weighted by Gasteiger charge is -2.41. The van der Waals surface area contributed by atoms with E-state index in [0.29, 0.717) is 6.04 Å². The SMILES string of the molecule is O=C1c2ccccc2N[C@H](c2ccccn2)N1C1CCCC1. The Hall–Kier alpha value is -2.36. The van der Waals surface area contributed by atoms with Crippen LogP contribution in [0.3, 0.4) is 0 Å². The van der Waals surface area contributed by atoms with Gasteiger partial charge in [-0.2, -0.15) is 0 Å². The molecule has 1 N–H and O–H groups in total. The Morgan fingerprint density at radius 1 is 1.05 bits per heavy atom. The average Bonchev–Trinajstić information content (AvgIpc) is 3.10. The number of para-hydroxylation sites is 1. The summed E-state index contributed by atoms with van der Waals surface area (Å²) >= 11 is 0. The standard InChI is InChI=1S/C18H19N3O/c22-18-14-9-3-4-10-15(14)20-17(16-11-5-6-12-19-16)21(18)13-7-1-2-8-13/h3-6,9-13,17,20H,1-2,7-8H2/t17-/m0/s1. The van der Waals surface area contributed by atoms with Gasteiger partial charge in [-0.25, -0.2) is 0 Å². The van der Waals surface area contributed by atoms with E-state index in [1.807, 2.05) is 47.4 Å². The minimum absolute atomic E-state index is 0.122. The van der Waals surface area contributed by atoms with E-state index >= 15 is 0 Å². The van der Waals surface area contributed by atoms with Crippen LogP contribution in [-0.4, -0.2) is 21.8 Å². The van der Waals surface area contributed by atoms with Crippen LogP contribution >= 0.6 is 0 Å². The van der Waals surface area contributed by atoms with Crippen LogP contribution in [0.25, 0.3) is 0 Å². The molecule has 1 aromatic heterocycles. The first-order chi connectivity index (χ1) is 10.8. The van der Waals surface area contributed by atoms with Crippen LogP contribution in [0, 0.1) is 0 Å². The summed E-state index contributed by atoms with van der Waals surface area (Å²) in [5.74, 6) is 0.122. The molecule has 4 heteroatoms. The number of fused-ring (bicyclic) bond motifs is 1. The molecule has 2 aromatic rings. The number of hydrogen-bond donors (Lipinski definition) is 1. The molecular weight excluding hydrogens is 274 g/mol. The maximum Gasteiger partial charge on any atom is 0.258 e. The normalized spacial score (nSPS) is 21.5. The number of anilines is 1. The van der Waals surface area contributed by atoms with Gasteiger partial charge >= 0.3 is 0 Å². The molecule has 0 saturated heterocycles. The molecule has 1 saturated carbocycles. The summed E-state index contributed by atoms with van der Waals surface area (Å²) in [7, 11) is 0. The third-order valence-electron chi connectivity index (χ3n) is 4.65. The van der Waals surface area contributed by atoms with Gasteiger partial charge in [-0.1, -0.05) is 31.0 Å². The number of carbonyl (C=O) groups is 1. The van der Waals surface area contributed by atoms with Gasteiger partial charge in [0.25, 0.3) is 5.91 Å². The molecule has 1 aliphatic carbocycles. The quantitative estimate of drug-likeness (QED) is 0.920. The van der Waals surface area contributed by atoms with Crippen LogP contribution in [0.1, 0.15) is 47.9 Å². The van der Waals surface area contributed by atoms with E-state index in [1.54, 1.807) is 6.20 Å². The van der Waals surface area contributed by atoms with Crippen LogP contribution in [0.2, 0.25) is 0 Å². The fourth-order valence-electron chi connectivity index (χ4n) is 3.58. The topological polar surface area (TPSA) is 45.2 Å². The first kappa shape index (κ1) is 13.3. The molecule has 1 atom stereocenters. The highest BCUT2D eigenvalue weighted by Gasteiger charge is 2.38. The molecule has 22 heavy (non-hydrogen) atoms. The van der Waals surface area contributed by atoms with Crippen LogP contribution in [0.5, 0.6) is 0 Å². The number of carbonyl (C=O) groups excluding carboxylic acids is 1. The Morgan fingerprint density at radius 3 is 2.59 bits per heavy atom. The Bertz CT molecular complexity index is 680. The molecule has 2 aliphatic rings. The van der Waals surface area contributed by atoms with Crippen molar-refractivity contribution in [1.82, 2.24) is 9.88 Å². The lowest BCUT2D eigenvalue weighted by molar-refractivity contribution is 0.0580. The summed E-state index contributed by atoms with van der Waals surface area (Å²) < 4.78 is 0. The molecule has 0 unspecified atom stereocenters. The Labute approximate surface area is 130 Å². The molecule has 1 aromatic carbocycles. The summed E-state index contributed by atoms with van der Waals surface area (Å²) in [6.07, 6.45) is 6.18. The number of rotatable bonds is 2. The second-order valence-corrected chi connectivity index (χ2v) is 6.00. The molecule has 4 nitrogen and oxygen atoms in total. The number of pyridine rings is 1. The van der Waals surface area contributed by atoms with Gasteiger partial charge in [0.1, 0.15) is 6.17 Å². The highest BCUT2D eigenvalue weighted by Crippen LogP contribution is 2.37. The van der Waals surface area contributed by atoms with Crippen molar-refractivity contribution in [2.45, 2.75) is 37.9 Å². The second kappa shape index (κ2) is 5.44. The number of benzene rings is 1. The van der Waals surface area contributed by atoms with Gasteiger partial charge in [0.05, 0.1) is 11.3 Å². The Balaban J connectivity index is 1.79. The van der Waals surface area contributed by atoms with Crippen molar-refractivity contribution >= 4 is 11.6 Å². The third-order valence-corrected chi connectivity index (χ3v) is 4.65. The molecule has 112 valence electrons. The highest BCUT2D eigenvalue weighted by molar-refractivity contribution is 6.01. The van der Waals surface area contributed by atoms with Gasteiger partial charge in [-0.3, -0.25) is 9.78 Å². The maximum atomic E-state index is 13.0. The predicted molar refractivity (Wildman–Crippen MR) is 85.5 cm³/mol. The first-order valence-corrected chi connectivity index (χ1v) is 7.94. The zero-order valence-electron chi connectivity index (χ0n) is 12.4. The first-order valence-electron chi connectivity index (χ1n) is 7.94. The van der Waals surface area contributed by atoms with Crippen molar-refractivity contribution in [1.29, 1.82) is 0 Å². The summed E-state index contributed by atoms with van der Waals surface area (Å²) in [5, 5.41) is 3.51. The van der Waals surface area contributed by atoms with Crippen molar-refractivity contribution in [3.8, 4) is 0 Å². The van der Waals surface area contributed by atoms with Gasteiger partial charge in [0.15, 0.2) is 0 Å². The highest BCUT2D eigenvalue weighted by atomic mass is 16.2. The molecular formula is C18H19N3O. The van der Waals surface area contributed by atoms with Crippen molar-refractivity contribution in [2.24, 2.45) is 0 Å². The summed E-state index contributed by atoms with van der Waals surface area (Å²) in [4.78, 5) is 19.5. The van der Waals surface area contributed by atoms with Gasteiger partial charge in [0.2, 0.25) is 0 Å². The molecule has 2 heterocycles. The number of amides is 1. The number of hydrogen-bond acceptors (Lipinski definition) is 3. The second-order valence-electron chi connectivity index (χ2n) is 6.00. The largest absolute Gasteiger partial charge is 0.359 e. The molecule has 4 rings (SSSR count). The number of aromatic nitrogens is 1. The third kappa shape index (κ3) is 2.15. The minimum atomic E-state index is -0.174. The van der Waals surface area contributed by atoms with E-state index in [0.717, 1.165) is 29.8 Å². The summed E-state index contributed by atoms with van der Waals surface area (Å²) in [6.45, 7) is 0. The molecule has 0 spiro atoms. The van der Waals surface area contributed by atoms with Gasteiger partial charge < -0.3 is 10.2 Å². The molecule has 1 amide bonds. The molecule has 0 bridgehead atoms. The lowest BCUT2D eigenvalue weighted by atomic mass is 10.0. The van der Waals surface area contributed by atoms with Crippen molar-refractivity contribution in [3.05, 3.63) is 59.9 Å². The molecule has 1 aliphatic heterocycles. The Kier molecular flexibility index (Phi) is 3.29. The van der Waals surface area contributed by atoms with Gasteiger partial charge in [-0.05, 0) is 37.1 Å². The maximum absolute atomic E-state index is 13.0. The number of nitrogens with zero attached hydrogens (tertiary/aromatic N) is 2. The van der Waals surface area contributed by atoms with Crippen molar-refractivity contribution in [3.63, 3.8) is 0 Å².